The number of nitrogens with zero attached hydrogens (tertiary/aromatic N) is 4. The number of aryl methyl sites for hydroxylation is 2. The third-order valence-electron chi connectivity index (χ3n) is 5.51. The Hall–Kier alpha value is -2.57. The number of carbonyl (C=O) groups is 1. The highest BCUT2D eigenvalue weighted by atomic mass is 16.5. The molecule has 2 aromatic rings. The second-order valence-electron chi connectivity index (χ2n) is 7.25. The van der Waals surface area contributed by atoms with Crippen LogP contribution in [0.1, 0.15) is 60.4 Å². The van der Waals surface area contributed by atoms with Crippen molar-refractivity contribution in [3.05, 3.63) is 45.1 Å². The zero-order chi connectivity index (χ0) is 20.3. The molecule has 0 bridgehead atoms. The Bertz CT molecular complexity index is 913. The topological polar surface area (TPSA) is 69.4 Å². The maximum absolute atomic E-state index is 13.5. The first-order valence-electron chi connectivity index (χ1n) is 10.1. The first-order chi connectivity index (χ1) is 13.5. The largest absolute Gasteiger partial charge is 0.496 e. The Balaban J connectivity index is 2.01. The summed E-state index contributed by atoms with van der Waals surface area (Å²) in [4.78, 5) is 27.9. The predicted molar refractivity (Wildman–Crippen MR) is 108 cm³/mol. The molecule has 0 saturated carbocycles. The van der Waals surface area contributed by atoms with Gasteiger partial charge in [-0.2, -0.15) is 5.10 Å². The van der Waals surface area contributed by atoms with Gasteiger partial charge in [-0.05, 0) is 40.0 Å². The summed E-state index contributed by atoms with van der Waals surface area (Å²) in [5.41, 5.74) is 3.23. The summed E-state index contributed by atoms with van der Waals surface area (Å²) < 4.78 is 9.11. The van der Waals surface area contributed by atoms with E-state index in [1.165, 1.54) is 13.2 Å². The summed E-state index contributed by atoms with van der Waals surface area (Å²) in [6, 6.07) is 1.45. The highest BCUT2D eigenvalue weighted by Gasteiger charge is 2.27. The molecule has 3 rings (SSSR count). The lowest BCUT2D eigenvalue weighted by Gasteiger charge is -2.24. The smallest absolute Gasteiger partial charge is 0.259 e. The molecule has 0 aromatic carbocycles. The highest BCUT2D eigenvalue weighted by Crippen LogP contribution is 2.27. The van der Waals surface area contributed by atoms with E-state index in [-0.39, 0.29) is 11.5 Å². The van der Waals surface area contributed by atoms with Gasteiger partial charge in [0.15, 0.2) is 0 Å². The normalized spacial score (nSPS) is 13.7. The summed E-state index contributed by atoms with van der Waals surface area (Å²) in [6.45, 7) is 8.49. The van der Waals surface area contributed by atoms with Crippen molar-refractivity contribution in [3.63, 3.8) is 0 Å². The number of aromatic nitrogens is 3. The second-order valence-corrected chi connectivity index (χ2v) is 7.25. The lowest BCUT2D eigenvalue weighted by molar-refractivity contribution is 0.0746. The zero-order valence-electron chi connectivity index (χ0n) is 17.3. The van der Waals surface area contributed by atoms with E-state index in [9.17, 15) is 9.59 Å². The molecular formula is C21H30N4O3. The molecule has 1 aliphatic heterocycles. The third kappa shape index (κ3) is 3.84. The van der Waals surface area contributed by atoms with Crippen LogP contribution in [0.3, 0.4) is 0 Å². The maximum atomic E-state index is 13.5. The molecule has 2 aromatic heterocycles. The van der Waals surface area contributed by atoms with Gasteiger partial charge in [0.1, 0.15) is 11.3 Å². The Morgan fingerprint density at radius 3 is 2.71 bits per heavy atom. The van der Waals surface area contributed by atoms with Crippen LogP contribution in [0.15, 0.2) is 17.1 Å². The van der Waals surface area contributed by atoms with Gasteiger partial charge >= 0.3 is 0 Å². The summed E-state index contributed by atoms with van der Waals surface area (Å²) in [5.74, 6) is 0.288. The average Bonchev–Trinajstić information content (AvgIpc) is 2.89. The van der Waals surface area contributed by atoms with Gasteiger partial charge in [0.05, 0.1) is 12.8 Å². The fourth-order valence-corrected chi connectivity index (χ4v) is 3.87. The van der Waals surface area contributed by atoms with E-state index in [1.807, 2.05) is 31.6 Å². The first-order valence-corrected chi connectivity index (χ1v) is 10.1. The molecule has 0 unspecified atom stereocenters. The van der Waals surface area contributed by atoms with Crippen molar-refractivity contribution in [3.8, 4) is 5.75 Å². The summed E-state index contributed by atoms with van der Waals surface area (Å²) in [7, 11) is 1.52. The number of hydrogen-bond acceptors (Lipinski definition) is 4. The van der Waals surface area contributed by atoms with Gasteiger partial charge in [0.2, 0.25) is 0 Å². The van der Waals surface area contributed by atoms with Crippen molar-refractivity contribution >= 4 is 5.91 Å². The summed E-state index contributed by atoms with van der Waals surface area (Å²) in [6.07, 6.45) is 5.71. The van der Waals surface area contributed by atoms with Crippen LogP contribution in [-0.2, 0) is 26.1 Å². The van der Waals surface area contributed by atoms with Gasteiger partial charge in [-0.25, -0.2) is 0 Å². The van der Waals surface area contributed by atoms with E-state index >= 15 is 0 Å². The predicted octanol–water partition coefficient (Wildman–Crippen LogP) is 2.77. The molecule has 1 amide bonds. The number of hydrogen-bond donors (Lipinski definition) is 0. The van der Waals surface area contributed by atoms with Crippen molar-refractivity contribution in [2.75, 3.05) is 13.7 Å². The monoisotopic (exact) mass is 386 g/mol. The second kappa shape index (κ2) is 8.63. The first kappa shape index (κ1) is 20.2. The molecule has 1 aliphatic rings. The molecule has 3 heterocycles. The summed E-state index contributed by atoms with van der Waals surface area (Å²) >= 11 is 0. The number of amides is 1. The SMILES string of the molecule is CCN(Cc1cn(CC)nc1C)C(=O)c1c(OC)cc(=O)n2c1CCCCC2. The molecule has 152 valence electrons. The molecular weight excluding hydrogens is 356 g/mol. The van der Waals surface area contributed by atoms with Gasteiger partial charge in [-0.3, -0.25) is 14.3 Å². The molecule has 0 spiro atoms. The Morgan fingerprint density at radius 2 is 2.07 bits per heavy atom. The third-order valence-corrected chi connectivity index (χ3v) is 5.51. The number of ether oxygens (including phenoxy) is 1. The number of methoxy groups -OCH3 is 1. The van der Waals surface area contributed by atoms with Crippen molar-refractivity contribution in [2.24, 2.45) is 0 Å². The standard InChI is InChI=1S/C21H30N4O3/c1-5-23(13-16-14-24(6-2)22-15(16)3)21(27)20-17-10-8-7-9-11-25(17)19(26)12-18(20)28-4/h12,14H,5-11,13H2,1-4H3. The van der Waals surface area contributed by atoms with Crippen LogP contribution in [0.4, 0.5) is 0 Å². The van der Waals surface area contributed by atoms with Crippen LogP contribution >= 0.6 is 0 Å². The van der Waals surface area contributed by atoms with Crippen LogP contribution in [0.25, 0.3) is 0 Å². The number of pyridine rings is 1. The van der Waals surface area contributed by atoms with Crippen molar-refractivity contribution in [1.82, 2.24) is 19.2 Å². The minimum absolute atomic E-state index is 0.0892. The molecule has 0 radical (unpaired) electrons. The lowest BCUT2D eigenvalue weighted by atomic mass is 10.1. The molecule has 0 N–H and O–H groups in total. The van der Waals surface area contributed by atoms with E-state index in [2.05, 4.69) is 5.10 Å². The van der Waals surface area contributed by atoms with Crippen molar-refractivity contribution < 1.29 is 9.53 Å². The van der Waals surface area contributed by atoms with Crippen LogP contribution in [0, 0.1) is 6.92 Å². The molecule has 0 aliphatic carbocycles. The van der Waals surface area contributed by atoms with E-state index in [0.717, 1.165) is 49.2 Å². The summed E-state index contributed by atoms with van der Waals surface area (Å²) in [5, 5.41) is 4.49. The number of rotatable bonds is 6. The molecule has 0 fully saturated rings. The minimum Gasteiger partial charge on any atom is -0.496 e. The van der Waals surface area contributed by atoms with E-state index < -0.39 is 0 Å². The highest BCUT2D eigenvalue weighted by molar-refractivity contribution is 5.98. The van der Waals surface area contributed by atoms with Crippen molar-refractivity contribution in [2.45, 2.75) is 66.1 Å². The fourth-order valence-electron chi connectivity index (χ4n) is 3.87. The van der Waals surface area contributed by atoms with Crippen molar-refractivity contribution in [1.29, 1.82) is 0 Å². The van der Waals surface area contributed by atoms with Gasteiger partial charge in [-0.15, -0.1) is 0 Å². The van der Waals surface area contributed by atoms with E-state index in [4.69, 9.17) is 4.74 Å². The van der Waals surface area contributed by atoms with Gasteiger partial charge in [0, 0.05) is 49.7 Å². The lowest BCUT2D eigenvalue weighted by Crippen LogP contribution is -2.34. The number of carbonyl (C=O) groups excluding carboxylic acids is 1. The molecule has 0 saturated heterocycles. The van der Waals surface area contributed by atoms with Crippen LogP contribution in [0.5, 0.6) is 5.75 Å². The molecule has 7 heteroatoms. The Labute approximate surface area is 165 Å². The van der Waals surface area contributed by atoms with Gasteiger partial charge in [0.25, 0.3) is 11.5 Å². The van der Waals surface area contributed by atoms with Crippen LogP contribution < -0.4 is 10.3 Å². The molecule has 7 nitrogen and oxygen atoms in total. The fraction of sp³-hybridized carbons (Fsp3) is 0.571. The average molecular weight is 386 g/mol. The number of fused-ring (bicyclic) bond motifs is 1. The van der Waals surface area contributed by atoms with E-state index in [0.29, 0.717) is 30.9 Å². The van der Waals surface area contributed by atoms with Crippen LogP contribution in [0.2, 0.25) is 0 Å². The van der Waals surface area contributed by atoms with Gasteiger partial charge in [-0.1, -0.05) is 6.42 Å². The van der Waals surface area contributed by atoms with Crippen LogP contribution in [-0.4, -0.2) is 38.8 Å². The zero-order valence-corrected chi connectivity index (χ0v) is 17.3. The van der Waals surface area contributed by atoms with Gasteiger partial charge < -0.3 is 14.2 Å². The minimum atomic E-state index is -0.0894. The Morgan fingerprint density at radius 1 is 1.29 bits per heavy atom. The quantitative estimate of drug-likeness (QED) is 0.765. The Kier molecular flexibility index (Phi) is 6.21. The van der Waals surface area contributed by atoms with E-state index in [1.54, 1.807) is 9.47 Å². The molecule has 0 atom stereocenters. The molecule has 28 heavy (non-hydrogen) atoms. The maximum Gasteiger partial charge on any atom is 0.259 e.